The highest BCUT2D eigenvalue weighted by Gasteiger charge is 2.21. The summed E-state index contributed by atoms with van der Waals surface area (Å²) in [5.74, 6) is -0.412. The van der Waals surface area contributed by atoms with Crippen molar-refractivity contribution in [3.8, 4) is 6.07 Å². The third-order valence-corrected chi connectivity index (χ3v) is 2.74. The Bertz CT molecular complexity index is 559. The summed E-state index contributed by atoms with van der Waals surface area (Å²) >= 11 is 0. The predicted octanol–water partition coefficient (Wildman–Crippen LogP) is 2.18. The summed E-state index contributed by atoms with van der Waals surface area (Å²) in [5, 5.41) is 22.3. The lowest BCUT2D eigenvalue weighted by Gasteiger charge is -2.16. The molecule has 0 aliphatic carbocycles. The summed E-state index contributed by atoms with van der Waals surface area (Å²) < 4.78 is 0. The average molecular weight is 261 g/mol. The first-order chi connectivity index (χ1) is 8.78. The molecule has 0 aliphatic heterocycles. The van der Waals surface area contributed by atoms with Gasteiger partial charge in [-0.25, -0.2) is 0 Å². The van der Waals surface area contributed by atoms with Gasteiger partial charge < -0.3 is 5.32 Å². The fraction of sp³-hybridized carbons (Fsp3) is 0.385. The first kappa shape index (κ1) is 14.6. The molecule has 6 heteroatoms. The molecule has 0 heterocycles. The number of rotatable bonds is 4. The summed E-state index contributed by atoms with van der Waals surface area (Å²) in [5.41, 5.74) is -0.195. The van der Waals surface area contributed by atoms with Gasteiger partial charge in [-0.2, -0.15) is 5.26 Å². The van der Waals surface area contributed by atoms with Crippen LogP contribution in [-0.2, 0) is 0 Å². The molecule has 0 fully saturated rings. The van der Waals surface area contributed by atoms with Gasteiger partial charge in [-0.3, -0.25) is 14.9 Å². The van der Waals surface area contributed by atoms with Gasteiger partial charge in [-0.1, -0.05) is 6.07 Å². The van der Waals surface area contributed by atoms with E-state index in [1.807, 2.05) is 0 Å². The van der Waals surface area contributed by atoms with Gasteiger partial charge in [0.05, 0.1) is 16.4 Å². The van der Waals surface area contributed by atoms with Crippen LogP contribution in [0.25, 0.3) is 0 Å². The number of hydrogen-bond acceptors (Lipinski definition) is 4. The third kappa shape index (κ3) is 3.52. The minimum absolute atomic E-state index is 0.0906. The van der Waals surface area contributed by atoms with Crippen molar-refractivity contribution < 1.29 is 9.72 Å². The molecule has 1 rings (SSSR count). The van der Waals surface area contributed by atoms with Crippen molar-refractivity contribution in [2.24, 2.45) is 5.41 Å². The molecule has 1 aromatic carbocycles. The van der Waals surface area contributed by atoms with Gasteiger partial charge in [0.15, 0.2) is 0 Å². The van der Waals surface area contributed by atoms with Crippen LogP contribution in [0, 0.1) is 33.8 Å². The van der Waals surface area contributed by atoms with E-state index in [1.165, 1.54) is 25.1 Å². The molecule has 0 saturated carbocycles. The SMILES string of the molecule is Cc1c(C(=O)NCC(C)(C)C#N)cccc1[N+](=O)[O-]. The van der Waals surface area contributed by atoms with E-state index in [1.54, 1.807) is 13.8 Å². The van der Waals surface area contributed by atoms with E-state index in [0.717, 1.165) is 0 Å². The smallest absolute Gasteiger partial charge is 0.273 e. The largest absolute Gasteiger partial charge is 0.350 e. The quantitative estimate of drug-likeness (QED) is 0.663. The second-order valence-electron chi connectivity index (χ2n) is 4.89. The van der Waals surface area contributed by atoms with Crippen molar-refractivity contribution in [1.29, 1.82) is 5.26 Å². The van der Waals surface area contributed by atoms with E-state index >= 15 is 0 Å². The highest BCUT2D eigenvalue weighted by Crippen LogP contribution is 2.21. The Kier molecular flexibility index (Phi) is 4.22. The predicted molar refractivity (Wildman–Crippen MR) is 69.6 cm³/mol. The molecule has 0 aliphatic rings. The molecule has 6 nitrogen and oxygen atoms in total. The van der Waals surface area contributed by atoms with Gasteiger partial charge in [0.1, 0.15) is 0 Å². The highest BCUT2D eigenvalue weighted by atomic mass is 16.6. The number of benzene rings is 1. The van der Waals surface area contributed by atoms with E-state index in [-0.39, 0.29) is 17.8 Å². The Morgan fingerprint density at radius 2 is 2.16 bits per heavy atom. The fourth-order valence-corrected chi connectivity index (χ4v) is 1.50. The van der Waals surface area contributed by atoms with E-state index in [2.05, 4.69) is 11.4 Å². The normalized spacial score (nSPS) is 10.6. The number of nitrogens with zero attached hydrogens (tertiary/aromatic N) is 2. The zero-order valence-corrected chi connectivity index (χ0v) is 11.1. The minimum atomic E-state index is -0.676. The van der Waals surface area contributed by atoms with Crippen LogP contribution in [0.2, 0.25) is 0 Å². The molecule has 1 amide bonds. The standard InChI is InChI=1S/C13H15N3O3/c1-9-10(5-4-6-11(9)16(18)19)12(17)15-8-13(2,3)7-14/h4-6H,8H2,1-3H3,(H,15,17). The number of nitriles is 1. The number of nitrogens with one attached hydrogen (secondary N) is 1. The lowest BCUT2D eigenvalue weighted by atomic mass is 9.95. The molecule has 19 heavy (non-hydrogen) atoms. The zero-order valence-electron chi connectivity index (χ0n) is 11.1. The second kappa shape index (κ2) is 5.48. The van der Waals surface area contributed by atoms with Crippen LogP contribution in [0.1, 0.15) is 29.8 Å². The molecule has 0 atom stereocenters. The first-order valence-corrected chi connectivity index (χ1v) is 5.72. The summed E-state index contributed by atoms with van der Waals surface area (Å²) in [6, 6.07) is 6.41. The minimum Gasteiger partial charge on any atom is -0.350 e. The lowest BCUT2D eigenvalue weighted by molar-refractivity contribution is -0.385. The van der Waals surface area contributed by atoms with Gasteiger partial charge in [0, 0.05) is 23.7 Å². The molecular formula is C13H15N3O3. The third-order valence-electron chi connectivity index (χ3n) is 2.74. The number of nitro groups is 1. The van der Waals surface area contributed by atoms with Crippen molar-refractivity contribution in [3.63, 3.8) is 0 Å². The molecule has 1 aromatic rings. The van der Waals surface area contributed by atoms with E-state index in [0.29, 0.717) is 5.56 Å². The van der Waals surface area contributed by atoms with Gasteiger partial charge >= 0.3 is 0 Å². The summed E-state index contributed by atoms with van der Waals surface area (Å²) in [6.45, 7) is 5.12. The Labute approximate surface area is 111 Å². The Balaban J connectivity index is 2.93. The molecule has 0 unspecified atom stereocenters. The fourth-order valence-electron chi connectivity index (χ4n) is 1.50. The van der Waals surface area contributed by atoms with Crippen molar-refractivity contribution in [2.75, 3.05) is 6.54 Å². The topological polar surface area (TPSA) is 96.0 Å². The van der Waals surface area contributed by atoms with Crippen molar-refractivity contribution in [1.82, 2.24) is 5.32 Å². The molecule has 1 N–H and O–H groups in total. The monoisotopic (exact) mass is 261 g/mol. The molecule has 0 spiro atoms. The number of carbonyl (C=O) groups excluding carboxylic acids is 1. The molecule has 0 aromatic heterocycles. The second-order valence-corrected chi connectivity index (χ2v) is 4.89. The maximum Gasteiger partial charge on any atom is 0.273 e. The first-order valence-electron chi connectivity index (χ1n) is 5.72. The van der Waals surface area contributed by atoms with Gasteiger partial charge in [-0.15, -0.1) is 0 Å². The number of hydrogen-bond donors (Lipinski definition) is 1. The van der Waals surface area contributed by atoms with Gasteiger partial charge in [0.2, 0.25) is 0 Å². The van der Waals surface area contributed by atoms with E-state index in [9.17, 15) is 14.9 Å². The van der Waals surface area contributed by atoms with Crippen molar-refractivity contribution >= 4 is 11.6 Å². The van der Waals surface area contributed by atoms with Gasteiger partial charge in [-0.05, 0) is 26.8 Å². The van der Waals surface area contributed by atoms with Crippen LogP contribution in [-0.4, -0.2) is 17.4 Å². The van der Waals surface area contributed by atoms with E-state index < -0.39 is 16.2 Å². The lowest BCUT2D eigenvalue weighted by Crippen LogP contribution is -2.33. The van der Waals surface area contributed by atoms with Crippen LogP contribution in [0.5, 0.6) is 0 Å². The number of carbonyl (C=O) groups is 1. The maximum atomic E-state index is 12.0. The molecular weight excluding hydrogens is 246 g/mol. The Morgan fingerprint density at radius 3 is 2.68 bits per heavy atom. The van der Waals surface area contributed by atoms with Crippen LogP contribution in [0.3, 0.4) is 0 Å². The van der Waals surface area contributed by atoms with Crippen LogP contribution < -0.4 is 5.32 Å². The number of amides is 1. The highest BCUT2D eigenvalue weighted by molar-refractivity contribution is 5.96. The summed E-state index contributed by atoms with van der Waals surface area (Å²) in [7, 11) is 0. The average Bonchev–Trinajstić information content (AvgIpc) is 2.36. The summed E-state index contributed by atoms with van der Waals surface area (Å²) in [4.78, 5) is 22.2. The van der Waals surface area contributed by atoms with Crippen molar-refractivity contribution in [3.05, 3.63) is 39.4 Å². The molecule has 0 bridgehead atoms. The van der Waals surface area contributed by atoms with Crippen molar-refractivity contribution in [2.45, 2.75) is 20.8 Å². The maximum absolute atomic E-state index is 12.0. The molecule has 100 valence electrons. The number of nitro benzene ring substituents is 1. The molecule has 0 saturated heterocycles. The van der Waals surface area contributed by atoms with Gasteiger partial charge in [0.25, 0.3) is 11.6 Å². The Morgan fingerprint density at radius 1 is 1.53 bits per heavy atom. The van der Waals surface area contributed by atoms with Crippen LogP contribution >= 0.6 is 0 Å². The van der Waals surface area contributed by atoms with Crippen LogP contribution in [0.4, 0.5) is 5.69 Å². The van der Waals surface area contributed by atoms with Crippen LogP contribution in [0.15, 0.2) is 18.2 Å². The summed E-state index contributed by atoms with van der Waals surface area (Å²) in [6.07, 6.45) is 0. The molecule has 0 radical (unpaired) electrons. The Hall–Kier alpha value is -2.42. The zero-order chi connectivity index (χ0) is 14.6. The van der Waals surface area contributed by atoms with E-state index in [4.69, 9.17) is 5.26 Å².